The van der Waals surface area contributed by atoms with Crippen molar-refractivity contribution in [1.29, 1.82) is 0 Å². The Bertz CT molecular complexity index is 476. The Morgan fingerprint density at radius 1 is 1.40 bits per heavy atom. The summed E-state index contributed by atoms with van der Waals surface area (Å²) in [5.74, 6) is 0.130. The molecule has 1 aliphatic rings. The lowest BCUT2D eigenvalue weighted by Gasteiger charge is -2.35. The summed E-state index contributed by atoms with van der Waals surface area (Å²) in [5.41, 5.74) is 6.97. The largest absolute Gasteiger partial charge is 0.392 e. The minimum absolute atomic E-state index is 0.137. The Kier molecular flexibility index (Phi) is 5.01. The topological polar surface area (TPSA) is 46.2 Å². The van der Waals surface area contributed by atoms with Crippen molar-refractivity contribution >= 4 is 23.2 Å². The van der Waals surface area contributed by atoms with Crippen LogP contribution >= 0.6 is 23.2 Å². The van der Waals surface area contributed by atoms with Gasteiger partial charge in [-0.2, -0.15) is 0 Å². The lowest BCUT2D eigenvalue weighted by molar-refractivity contribution is 0.0346. The Hall–Kier alpha value is -0.280. The smallest absolute Gasteiger partial charge is 0.0654 e. The van der Waals surface area contributed by atoms with Crippen LogP contribution in [0.15, 0.2) is 18.2 Å². The van der Waals surface area contributed by atoms with E-state index in [-0.39, 0.29) is 17.3 Å². The summed E-state index contributed by atoms with van der Waals surface area (Å²) in [6.07, 6.45) is 2.91. The molecule has 0 radical (unpaired) electrons. The molecule has 0 amide bonds. The highest BCUT2D eigenvalue weighted by molar-refractivity contribution is 6.35. The van der Waals surface area contributed by atoms with E-state index in [0.717, 1.165) is 18.4 Å². The van der Waals surface area contributed by atoms with Gasteiger partial charge in [0.05, 0.1) is 6.10 Å². The molecule has 1 aromatic rings. The molecule has 0 aromatic heterocycles. The molecular formula is C16H23Cl2NO. The Balaban J connectivity index is 2.27. The van der Waals surface area contributed by atoms with E-state index in [1.807, 2.05) is 6.07 Å². The third-order valence-corrected chi connectivity index (χ3v) is 5.34. The maximum Gasteiger partial charge on any atom is 0.0654 e. The van der Waals surface area contributed by atoms with Gasteiger partial charge in [-0.05, 0) is 41.9 Å². The summed E-state index contributed by atoms with van der Waals surface area (Å²) in [4.78, 5) is 0. The second-order valence-electron chi connectivity index (χ2n) is 6.49. The van der Waals surface area contributed by atoms with Gasteiger partial charge in [0.1, 0.15) is 0 Å². The number of halogens is 2. The van der Waals surface area contributed by atoms with E-state index in [1.54, 1.807) is 12.1 Å². The van der Waals surface area contributed by atoms with Crippen LogP contribution in [0, 0.1) is 11.3 Å². The zero-order valence-electron chi connectivity index (χ0n) is 12.1. The van der Waals surface area contributed by atoms with Crippen LogP contribution < -0.4 is 5.73 Å². The highest BCUT2D eigenvalue weighted by atomic mass is 35.5. The Morgan fingerprint density at radius 3 is 2.60 bits per heavy atom. The van der Waals surface area contributed by atoms with Gasteiger partial charge < -0.3 is 10.8 Å². The van der Waals surface area contributed by atoms with Gasteiger partial charge in [-0.25, -0.2) is 0 Å². The van der Waals surface area contributed by atoms with E-state index in [0.29, 0.717) is 16.6 Å². The first-order valence-electron chi connectivity index (χ1n) is 7.20. The van der Waals surface area contributed by atoms with Gasteiger partial charge in [0.15, 0.2) is 0 Å². The molecule has 2 rings (SSSR count). The number of aliphatic hydroxyl groups excluding tert-OH is 1. The molecule has 1 fully saturated rings. The van der Waals surface area contributed by atoms with Crippen molar-refractivity contribution in [2.45, 2.75) is 45.1 Å². The van der Waals surface area contributed by atoms with Crippen molar-refractivity contribution < 1.29 is 5.11 Å². The molecule has 1 saturated carbocycles. The lowest BCUT2D eigenvalue weighted by atomic mass is 9.73. The summed E-state index contributed by atoms with van der Waals surface area (Å²) < 4.78 is 0. The van der Waals surface area contributed by atoms with E-state index >= 15 is 0 Å². The summed E-state index contributed by atoms with van der Waals surface area (Å²) >= 11 is 12.2. The van der Waals surface area contributed by atoms with E-state index < -0.39 is 6.10 Å². The third kappa shape index (κ3) is 3.14. The van der Waals surface area contributed by atoms with Gasteiger partial charge >= 0.3 is 0 Å². The fraction of sp³-hybridized carbons (Fsp3) is 0.625. The number of hydrogen-bond donors (Lipinski definition) is 2. The normalized spacial score (nSPS) is 24.6. The van der Waals surface area contributed by atoms with Crippen LogP contribution in [0.2, 0.25) is 10.0 Å². The summed E-state index contributed by atoms with van der Waals surface area (Å²) in [7, 11) is 0. The van der Waals surface area contributed by atoms with E-state index in [9.17, 15) is 5.11 Å². The molecule has 0 saturated heterocycles. The highest BCUT2D eigenvalue weighted by Gasteiger charge is 2.42. The quantitative estimate of drug-likeness (QED) is 0.873. The van der Waals surface area contributed by atoms with Crippen molar-refractivity contribution in [2.75, 3.05) is 6.54 Å². The fourth-order valence-electron chi connectivity index (χ4n) is 3.52. The molecule has 3 atom stereocenters. The minimum atomic E-state index is -0.462. The van der Waals surface area contributed by atoms with Crippen molar-refractivity contribution in [1.82, 2.24) is 0 Å². The van der Waals surface area contributed by atoms with E-state index in [2.05, 4.69) is 13.8 Å². The van der Waals surface area contributed by atoms with E-state index in [4.69, 9.17) is 28.9 Å². The first kappa shape index (κ1) is 16.1. The van der Waals surface area contributed by atoms with Crippen LogP contribution in [0.1, 0.15) is 44.6 Å². The lowest BCUT2D eigenvalue weighted by Crippen LogP contribution is -2.37. The maximum absolute atomic E-state index is 10.8. The zero-order valence-corrected chi connectivity index (χ0v) is 13.6. The average molecular weight is 316 g/mol. The molecule has 0 bridgehead atoms. The number of rotatable bonds is 4. The Morgan fingerprint density at radius 2 is 2.10 bits per heavy atom. The van der Waals surface area contributed by atoms with Crippen LogP contribution in [0.3, 0.4) is 0 Å². The first-order valence-corrected chi connectivity index (χ1v) is 7.95. The van der Waals surface area contributed by atoms with Gasteiger partial charge in [0, 0.05) is 22.5 Å². The predicted molar refractivity (Wildman–Crippen MR) is 85.4 cm³/mol. The maximum atomic E-state index is 10.8. The molecule has 20 heavy (non-hydrogen) atoms. The summed E-state index contributed by atoms with van der Waals surface area (Å²) in [6.45, 7) is 4.84. The van der Waals surface area contributed by atoms with Crippen LogP contribution in [0.5, 0.6) is 0 Å². The van der Waals surface area contributed by atoms with Crippen LogP contribution in [-0.4, -0.2) is 17.8 Å². The standard InChI is InChI=1S/C16H23Cl2NO/c1-16(2)7-3-4-13(16)15(20)12(9-19)11-6-5-10(17)8-14(11)18/h5-6,8,12-13,15,20H,3-4,7,9,19H2,1-2H3. The molecular weight excluding hydrogens is 293 g/mol. The number of aliphatic hydroxyl groups is 1. The average Bonchev–Trinajstić information content (AvgIpc) is 2.72. The zero-order chi connectivity index (χ0) is 14.9. The molecule has 4 heteroatoms. The van der Waals surface area contributed by atoms with Crippen LogP contribution in [-0.2, 0) is 0 Å². The van der Waals surface area contributed by atoms with Gasteiger partial charge in [-0.3, -0.25) is 0 Å². The van der Waals surface area contributed by atoms with Crippen molar-refractivity contribution in [3.63, 3.8) is 0 Å². The minimum Gasteiger partial charge on any atom is -0.392 e. The Labute approximate surface area is 131 Å². The van der Waals surface area contributed by atoms with Crippen LogP contribution in [0.4, 0.5) is 0 Å². The van der Waals surface area contributed by atoms with Crippen LogP contribution in [0.25, 0.3) is 0 Å². The van der Waals surface area contributed by atoms with Gasteiger partial charge in [0.25, 0.3) is 0 Å². The third-order valence-electron chi connectivity index (χ3n) is 4.78. The first-order chi connectivity index (χ1) is 9.36. The van der Waals surface area contributed by atoms with E-state index in [1.165, 1.54) is 6.42 Å². The SMILES string of the molecule is CC1(C)CCCC1C(O)C(CN)c1ccc(Cl)cc1Cl. The van der Waals surface area contributed by atoms with Crippen molar-refractivity contribution in [2.24, 2.45) is 17.1 Å². The molecule has 3 unspecified atom stereocenters. The monoisotopic (exact) mass is 315 g/mol. The second kappa shape index (κ2) is 6.23. The second-order valence-corrected chi connectivity index (χ2v) is 7.33. The van der Waals surface area contributed by atoms with Gasteiger partial charge in [0.2, 0.25) is 0 Å². The molecule has 0 heterocycles. The van der Waals surface area contributed by atoms with Crippen molar-refractivity contribution in [3.05, 3.63) is 33.8 Å². The molecule has 0 aliphatic heterocycles. The molecule has 1 aliphatic carbocycles. The number of benzene rings is 1. The molecule has 112 valence electrons. The highest BCUT2D eigenvalue weighted by Crippen LogP contribution is 2.47. The molecule has 1 aromatic carbocycles. The van der Waals surface area contributed by atoms with Crippen molar-refractivity contribution in [3.8, 4) is 0 Å². The van der Waals surface area contributed by atoms with Gasteiger partial charge in [-0.15, -0.1) is 0 Å². The molecule has 2 nitrogen and oxygen atoms in total. The molecule has 0 spiro atoms. The fourth-order valence-corrected chi connectivity index (χ4v) is 4.07. The number of hydrogen-bond acceptors (Lipinski definition) is 2. The molecule has 3 N–H and O–H groups in total. The van der Waals surface area contributed by atoms with Gasteiger partial charge in [-0.1, -0.05) is 49.5 Å². The number of nitrogens with two attached hydrogens (primary N) is 1. The predicted octanol–water partition coefficient (Wildman–Crippen LogP) is 4.22. The summed E-state index contributed by atoms with van der Waals surface area (Å²) in [5, 5.41) is 12.0. The summed E-state index contributed by atoms with van der Waals surface area (Å²) in [6, 6.07) is 5.40.